The zero-order valence-corrected chi connectivity index (χ0v) is 21.6. The van der Waals surface area contributed by atoms with Crippen molar-refractivity contribution in [3.05, 3.63) is 95.2 Å². The molecule has 0 unspecified atom stereocenters. The van der Waals surface area contributed by atoms with Crippen molar-refractivity contribution in [2.45, 2.75) is 6.92 Å². The standard InChI is InChI=1S/C29H27ClN4O4/c1-2-38-24-14-12-23(13-15-24)34-28(36)25(30)26(29(34)37)31-21-10-8-20(9-11-21)27(35)33-18-16-32(17-19-33)22-6-4-3-5-7-22/h3-15,31H,2,16-19H2,1H3. The predicted molar refractivity (Wildman–Crippen MR) is 148 cm³/mol. The fraction of sp³-hybridized carbons (Fsp3) is 0.207. The third-order valence-electron chi connectivity index (χ3n) is 6.52. The molecule has 0 aliphatic carbocycles. The van der Waals surface area contributed by atoms with E-state index in [0.717, 1.165) is 23.7 Å². The second kappa shape index (κ2) is 11.0. The van der Waals surface area contributed by atoms with Crippen LogP contribution in [-0.2, 0) is 9.59 Å². The molecule has 0 bridgehead atoms. The van der Waals surface area contributed by atoms with E-state index in [9.17, 15) is 14.4 Å². The summed E-state index contributed by atoms with van der Waals surface area (Å²) in [5, 5.41) is 2.76. The highest BCUT2D eigenvalue weighted by molar-refractivity contribution is 6.53. The third kappa shape index (κ3) is 5.08. The van der Waals surface area contributed by atoms with Crippen LogP contribution in [0.25, 0.3) is 0 Å². The quantitative estimate of drug-likeness (QED) is 0.453. The van der Waals surface area contributed by atoms with E-state index >= 15 is 0 Å². The van der Waals surface area contributed by atoms with E-state index in [1.807, 2.05) is 30.0 Å². The molecule has 0 atom stereocenters. The molecule has 5 rings (SSSR count). The van der Waals surface area contributed by atoms with Gasteiger partial charge >= 0.3 is 0 Å². The number of piperazine rings is 1. The SMILES string of the molecule is CCOc1ccc(N2C(=O)C(Cl)=C(Nc3ccc(C(=O)N4CCN(c5ccccc5)CC4)cc3)C2=O)cc1. The van der Waals surface area contributed by atoms with Gasteiger partial charge in [-0.15, -0.1) is 0 Å². The minimum atomic E-state index is -0.607. The zero-order valence-electron chi connectivity index (χ0n) is 20.9. The molecule has 2 heterocycles. The number of ether oxygens (including phenoxy) is 1. The summed E-state index contributed by atoms with van der Waals surface area (Å²) < 4.78 is 5.42. The average molecular weight is 531 g/mol. The highest BCUT2D eigenvalue weighted by atomic mass is 35.5. The molecule has 3 aromatic rings. The van der Waals surface area contributed by atoms with E-state index in [1.165, 1.54) is 0 Å². The van der Waals surface area contributed by atoms with Gasteiger partial charge in [0, 0.05) is 43.1 Å². The minimum Gasteiger partial charge on any atom is -0.494 e. The first kappa shape index (κ1) is 25.4. The summed E-state index contributed by atoms with van der Waals surface area (Å²) in [6.07, 6.45) is 0. The number of carbonyl (C=O) groups excluding carboxylic acids is 3. The maximum atomic E-state index is 13.1. The Morgan fingerprint density at radius 1 is 0.842 bits per heavy atom. The van der Waals surface area contributed by atoms with Crippen LogP contribution in [0.3, 0.4) is 0 Å². The highest BCUT2D eigenvalue weighted by Gasteiger charge is 2.39. The predicted octanol–water partition coefficient (Wildman–Crippen LogP) is 4.48. The summed E-state index contributed by atoms with van der Waals surface area (Å²) in [6.45, 7) is 5.19. The van der Waals surface area contributed by atoms with Crippen LogP contribution in [0, 0.1) is 0 Å². The molecule has 2 aliphatic heterocycles. The summed E-state index contributed by atoms with van der Waals surface area (Å²) in [5.41, 5.74) is 2.63. The topological polar surface area (TPSA) is 82.2 Å². The first-order valence-corrected chi connectivity index (χ1v) is 12.8. The number of nitrogens with one attached hydrogen (secondary N) is 1. The number of imide groups is 1. The van der Waals surface area contributed by atoms with Gasteiger partial charge in [-0.05, 0) is 67.6 Å². The molecule has 0 aromatic heterocycles. The van der Waals surface area contributed by atoms with E-state index in [0.29, 0.717) is 42.4 Å². The fourth-order valence-electron chi connectivity index (χ4n) is 4.53. The van der Waals surface area contributed by atoms with Gasteiger partial charge in [0.15, 0.2) is 0 Å². The number of hydrogen-bond donors (Lipinski definition) is 1. The van der Waals surface area contributed by atoms with E-state index in [4.69, 9.17) is 16.3 Å². The van der Waals surface area contributed by atoms with Crippen molar-refractivity contribution >= 4 is 46.4 Å². The smallest absolute Gasteiger partial charge is 0.283 e. The first-order chi connectivity index (χ1) is 18.5. The van der Waals surface area contributed by atoms with Crippen molar-refractivity contribution in [2.75, 3.05) is 47.9 Å². The largest absolute Gasteiger partial charge is 0.494 e. The van der Waals surface area contributed by atoms with Crippen molar-refractivity contribution in [3.63, 3.8) is 0 Å². The van der Waals surface area contributed by atoms with Gasteiger partial charge in [-0.1, -0.05) is 29.8 Å². The van der Waals surface area contributed by atoms with Gasteiger partial charge in [-0.25, -0.2) is 4.90 Å². The van der Waals surface area contributed by atoms with Crippen molar-refractivity contribution in [3.8, 4) is 5.75 Å². The van der Waals surface area contributed by atoms with E-state index in [-0.39, 0.29) is 16.6 Å². The molecule has 8 nitrogen and oxygen atoms in total. The Labute approximate surface area is 226 Å². The van der Waals surface area contributed by atoms with Gasteiger partial charge in [0.1, 0.15) is 16.5 Å². The minimum absolute atomic E-state index is 0.0124. The number of carbonyl (C=O) groups is 3. The lowest BCUT2D eigenvalue weighted by Gasteiger charge is -2.36. The lowest BCUT2D eigenvalue weighted by Crippen LogP contribution is -2.48. The Morgan fingerprint density at radius 2 is 1.50 bits per heavy atom. The number of para-hydroxylation sites is 1. The molecule has 194 valence electrons. The van der Waals surface area contributed by atoms with Crippen LogP contribution in [0.1, 0.15) is 17.3 Å². The monoisotopic (exact) mass is 530 g/mol. The van der Waals surface area contributed by atoms with Crippen LogP contribution < -0.4 is 19.9 Å². The average Bonchev–Trinajstić information content (AvgIpc) is 3.17. The highest BCUT2D eigenvalue weighted by Crippen LogP contribution is 2.31. The van der Waals surface area contributed by atoms with Gasteiger partial charge in [0.25, 0.3) is 17.7 Å². The normalized spacial score (nSPS) is 15.8. The molecule has 3 aromatic carbocycles. The Hall–Kier alpha value is -4.30. The molecule has 2 aliphatic rings. The maximum absolute atomic E-state index is 13.1. The van der Waals surface area contributed by atoms with Gasteiger partial charge in [-0.3, -0.25) is 14.4 Å². The molecule has 3 amide bonds. The summed E-state index contributed by atoms with van der Waals surface area (Å²) in [7, 11) is 0. The summed E-state index contributed by atoms with van der Waals surface area (Å²) in [4.78, 5) is 44.0. The van der Waals surface area contributed by atoms with E-state index in [2.05, 4.69) is 22.3 Å². The first-order valence-electron chi connectivity index (χ1n) is 12.4. The van der Waals surface area contributed by atoms with Crippen molar-refractivity contribution < 1.29 is 19.1 Å². The molecule has 0 spiro atoms. The molecule has 0 saturated carbocycles. The maximum Gasteiger partial charge on any atom is 0.283 e. The molecule has 38 heavy (non-hydrogen) atoms. The van der Waals surface area contributed by atoms with Gasteiger partial charge in [0.05, 0.1) is 12.3 Å². The van der Waals surface area contributed by atoms with Crippen LogP contribution in [0.2, 0.25) is 0 Å². The summed E-state index contributed by atoms with van der Waals surface area (Å²) in [5.74, 6) is -0.568. The lowest BCUT2D eigenvalue weighted by molar-refractivity contribution is -0.120. The zero-order chi connectivity index (χ0) is 26.6. The van der Waals surface area contributed by atoms with Crippen LogP contribution in [0.4, 0.5) is 17.1 Å². The molecule has 1 fully saturated rings. The number of anilines is 3. The van der Waals surface area contributed by atoms with E-state index in [1.54, 1.807) is 48.5 Å². The Balaban J connectivity index is 1.22. The number of benzene rings is 3. The van der Waals surface area contributed by atoms with E-state index < -0.39 is 11.8 Å². The third-order valence-corrected chi connectivity index (χ3v) is 6.87. The molecular formula is C29H27ClN4O4. The number of hydrogen-bond acceptors (Lipinski definition) is 6. The lowest BCUT2D eigenvalue weighted by atomic mass is 10.1. The summed E-state index contributed by atoms with van der Waals surface area (Å²) in [6, 6.07) is 23.6. The number of halogens is 1. The van der Waals surface area contributed by atoms with Crippen LogP contribution in [0.15, 0.2) is 89.6 Å². The Bertz CT molecular complexity index is 1370. The van der Waals surface area contributed by atoms with Crippen molar-refractivity contribution in [2.24, 2.45) is 0 Å². The number of nitrogens with zero attached hydrogens (tertiary/aromatic N) is 3. The van der Waals surface area contributed by atoms with Gasteiger partial charge in [-0.2, -0.15) is 0 Å². The Morgan fingerprint density at radius 3 is 2.13 bits per heavy atom. The molecule has 1 saturated heterocycles. The van der Waals surface area contributed by atoms with Crippen molar-refractivity contribution in [1.82, 2.24) is 4.90 Å². The second-order valence-electron chi connectivity index (χ2n) is 8.88. The molecule has 0 radical (unpaired) electrons. The Kier molecular flexibility index (Phi) is 7.33. The van der Waals surface area contributed by atoms with Crippen LogP contribution in [0.5, 0.6) is 5.75 Å². The van der Waals surface area contributed by atoms with Gasteiger partial charge in [0.2, 0.25) is 0 Å². The molecule has 1 N–H and O–H groups in total. The molecule has 9 heteroatoms. The molecular weight excluding hydrogens is 504 g/mol. The number of rotatable bonds is 7. The van der Waals surface area contributed by atoms with Crippen molar-refractivity contribution in [1.29, 1.82) is 0 Å². The summed E-state index contributed by atoms with van der Waals surface area (Å²) >= 11 is 6.25. The van der Waals surface area contributed by atoms with Crippen LogP contribution in [-0.4, -0.2) is 55.4 Å². The van der Waals surface area contributed by atoms with Crippen LogP contribution >= 0.6 is 11.6 Å². The second-order valence-corrected chi connectivity index (χ2v) is 9.26. The fourth-order valence-corrected chi connectivity index (χ4v) is 4.75. The van der Waals surface area contributed by atoms with Gasteiger partial charge < -0.3 is 19.9 Å². The number of amides is 3.